The molecule has 4 nitrogen and oxygen atoms in total. The van der Waals surface area contributed by atoms with Gasteiger partial charge in [0.25, 0.3) is 5.91 Å². The first-order valence-electron chi connectivity index (χ1n) is 7.03. The fourth-order valence-electron chi connectivity index (χ4n) is 2.40. The zero-order valence-corrected chi connectivity index (χ0v) is 12.7. The Kier molecular flexibility index (Phi) is 4.60. The number of aryl methyl sites for hydroxylation is 2. The number of nitrogens with two attached hydrogens (primary N) is 1. The number of nitrogen functional groups attached to an aromatic ring is 1. The van der Waals surface area contributed by atoms with Crippen LogP contribution in [0.4, 0.5) is 11.4 Å². The van der Waals surface area contributed by atoms with Crippen LogP contribution in [0.15, 0.2) is 42.5 Å². The fourth-order valence-corrected chi connectivity index (χ4v) is 2.40. The summed E-state index contributed by atoms with van der Waals surface area (Å²) in [5.74, 6) is 5.48. The second-order valence-electron chi connectivity index (χ2n) is 5.03. The SMILES string of the molecule is CCN(C(=O)c1cc(C)ccc1NN)c1ccccc1C. The second-order valence-corrected chi connectivity index (χ2v) is 5.03. The Morgan fingerprint density at radius 1 is 1.19 bits per heavy atom. The van der Waals surface area contributed by atoms with Crippen LogP contribution in [0.1, 0.15) is 28.4 Å². The minimum Gasteiger partial charge on any atom is -0.323 e. The van der Waals surface area contributed by atoms with E-state index in [1.54, 1.807) is 4.90 Å². The third-order valence-electron chi connectivity index (χ3n) is 3.53. The van der Waals surface area contributed by atoms with Crippen molar-refractivity contribution in [2.75, 3.05) is 16.9 Å². The van der Waals surface area contributed by atoms with E-state index in [4.69, 9.17) is 5.84 Å². The molecule has 2 aromatic rings. The summed E-state index contributed by atoms with van der Waals surface area (Å²) in [6.45, 7) is 6.53. The Bertz CT molecular complexity index is 652. The first kappa shape index (κ1) is 15.1. The van der Waals surface area contributed by atoms with Gasteiger partial charge in [-0.15, -0.1) is 0 Å². The van der Waals surface area contributed by atoms with Gasteiger partial charge in [0.05, 0.1) is 11.3 Å². The molecule has 0 fully saturated rings. The molecule has 0 spiro atoms. The second kappa shape index (κ2) is 6.41. The Labute approximate surface area is 125 Å². The molecule has 110 valence electrons. The topological polar surface area (TPSA) is 58.4 Å². The van der Waals surface area contributed by atoms with E-state index < -0.39 is 0 Å². The molecule has 0 heterocycles. The highest BCUT2D eigenvalue weighted by Crippen LogP contribution is 2.24. The molecule has 0 saturated carbocycles. The number of hydrazine groups is 1. The number of para-hydroxylation sites is 1. The summed E-state index contributed by atoms with van der Waals surface area (Å²) in [4.78, 5) is 14.7. The molecule has 0 aliphatic heterocycles. The van der Waals surface area contributed by atoms with Crippen molar-refractivity contribution in [3.05, 3.63) is 59.2 Å². The van der Waals surface area contributed by atoms with Crippen molar-refractivity contribution in [2.45, 2.75) is 20.8 Å². The van der Waals surface area contributed by atoms with Gasteiger partial charge in [0, 0.05) is 12.2 Å². The van der Waals surface area contributed by atoms with E-state index >= 15 is 0 Å². The minimum absolute atomic E-state index is 0.0524. The summed E-state index contributed by atoms with van der Waals surface area (Å²) in [5.41, 5.74) is 6.85. The molecular formula is C17H21N3O. The van der Waals surface area contributed by atoms with Crippen LogP contribution >= 0.6 is 0 Å². The monoisotopic (exact) mass is 283 g/mol. The average Bonchev–Trinajstić information content (AvgIpc) is 2.49. The number of nitrogens with zero attached hydrogens (tertiary/aromatic N) is 1. The average molecular weight is 283 g/mol. The Morgan fingerprint density at radius 2 is 1.90 bits per heavy atom. The molecule has 0 unspecified atom stereocenters. The summed E-state index contributed by atoms with van der Waals surface area (Å²) < 4.78 is 0. The van der Waals surface area contributed by atoms with E-state index in [1.807, 2.05) is 63.2 Å². The van der Waals surface area contributed by atoms with Crippen LogP contribution in [-0.2, 0) is 0 Å². The number of carbonyl (C=O) groups excluding carboxylic acids is 1. The van der Waals surface area contributed by atoms with Crippen LogP contribution in [0.5, 0.6) is 0 Å². The third kappa shape index (κ3) is 3.06. The molecular weight excluding hydrogens is 262 g/mol. The van der Waals surface area contributed by atoms with Gasteiger partial charge in [0.15, 0.2) is 0 Å². The minimum atomic E-state index is -0.0524. The highest BCUT2D eigenvalue weighted by molar-refractivity contribution is 6.10. The van der Waals surface area contributed by atoms with Crippen LogP contribution in [0.25, 0.3) is 0 Å². The molecule has 2 rings (SSSR count). The standard InChI is InChI=1S/C17H21N3O/c1-4-20(16-8-6-5-7-13(16)3)17(21)14-11-12(2)9-10-15(14)19-18/h5-11,19H,4,18H2,1-3H3. The lowest BCUT2D eigenvalue weighted by Crippen LogP contribution is -2.32. The maximum atomic E-state index is 12.9. The number of carbonyl (C=O) groups is 1. The van der Waals surface area contributed by atoms with Gasteiger partial charge in [-0.1, -0.05) is 29.8 Å². The molecule has 1 amide bonds. The normalized spacial score (nSPS) is 10.3. The number of rotatable bonds is 4. The van der Waals surface area contributed by atoms with Gasteiger partial charge in [-0.05, 0) is 44.5 Å². The molecule has 0 aliphatic rings. The number of anilines is 2. The summed E-state index contributed by atoms with van der Waals surface area (Å²) in [5, 5.41) is 0. The van der Waals surface area contributed by atoms with Crippen molar-refractivity contribution in [1.29, 1.82) is 0 Å². The highest BCUT2D eigenvalue weighted by Gasteiger charge is 2.20. The number of amides is 1. The quantitative estimate of drug-likeness (QED) is 0.669. The Hall–Kier alpha value is -2.33. The zero-order valence-electron chi connectivity index (χ0n) is 12.7. The molecule has 2 aromatic carbocycles. The summed E-state index contributed by atoms with van der Waals surface area (Å²) in [7, 11) is 0. The lowest BCUT2D eigenvalue weighted by atomic mass is 10.1. The van der Waals surface area contributed by atoms with E-state index in [2.05, 4.69) is 5.43 Å². The van der Waals surface area contributed by atoms with E-state index in [0.29, 0.717) is 17.8 Å². The van der Waals surface area contributed by atoms with Crippen LogP contribution in [-0.4, -0.2) is 12.5 Å². The van der Waals surface area contributed by atoms with Crippen LogP contribution in [0, 0.1) is 13.8 Å². The lowest BCUT2D eigenvalue weighted by Gasteiger charge is -2.24. The maximum absolute atomic E-state index is 12.9. The Balaban J connectivity index is 2.46. The molecule has 0 saturated heterocycles. The predicted octanol–water partition coefficient (Wildman–Crippen LogP) is 3.26. The fraction of sp³-hybridized carbons (Fsp3) is 0.235. The molecule has 3 N–H and O–H groups in total. The van der Waals surface area contributed by atoms with Gasteiger partial charge in [-0.25, -0.2) is 0 Å². The van der Waals surface area contributed by atoms with Crippen molar-refractivity contribution in [2.24, 2.45) is 5.84 Å². The predicted molar refractivity (Wildman–Crippen MR) is 87.5 cm³/mol. The van der Waals surface area contributed by atoms with Gasteiger partial charge in [-0.2, -0.15) is 0 Å². The summed E-state index contributed by atoms with van der Waals surface area (Å²) in [6, 6.07) is 13.5. The zero-order chi connectivity index (χ0) is 15.4. The van der Waals surface area contributed by atoms with Crippen molar-refractivity contribution in [1.82, 2.24) is 0 Å². The highest BCUT2D eigenvalue weighted by atomic mass is 16.2. The number of hydrogen-bond donors (Lipinski definition) is 2. The van der Waals surface area contributed by atoms with E-state index in [-0.39, 0.29) is 5.91 Å². The van der Waals surface area contributed by atoms with Crippen molar-refractivity contribution in [3.63, 3.8) is 0 Å². The van der Waals surface area contributed by atoms with Crippen LogP contribution < -0.4 is 16.2 Å². The lowest BCUT2D eigenvalue weighted by molar-refractivity contribution is 0.0989. The van der Waals surface area contributed by atoms with E-state index in [0.717, 1.165) is 16.8 Å². The van der Waals surface area contributed by atoms with Crippen molar-refractivity contribution >= 4 is 17.3 Å². The summed E-state index contributed by atoms with van der Waals surface area (Å²) in [6.07, 6.45) is 0. The van der Waals surface area contributed by atoms with Crippen LogP contribution in [0.3, 0.4) is 0 Å². The van der Waals surface area contributed by atoms with E-state index in [1.165, 1.54) is 0 Å². The number of benzene rings is 2. The molecule has 0 bridgehead atoms. The van der Waals surface area contributed by atoms with Gasteiger partial charge in [-0.3, -0.25) is 10.6 Å². The molecule has 0 radical (unpaired) electrons. The summed E-state index contributed by atoms with van der Waals surface area (Å²) >= 11 is 0. The largest absolute Gasteiger partial charge is 0.323 e. The first-order valence-corrected chi connectivity index (χ1v) is 7.03. The van der Waals surface area contributed by atoms with Gasteiger partial charge >= 0.3 is 0 Å². The molecule has 0 aliphatic carbocycles. The van der Waals surface area contributed by atoms with Gasteiger partial charge in [0.1, 0.15) is 0 Å². The molecule has 0 aromatic heterocycles. The van der Waals surface area contributed by atoms with Crippen LogP contribution in [0.2, 0.25) is 0 Å². The van der Waals surface area contributed by atoms with Gasteiger partial charge < -0.3 is 10.3 Å². The Morgan fingerprint density at radius 3 is 2.52 bits per heavy atom. The maximum Gasteiger partial charge on any atom is 0.260 e. The number of nitrogens with one attached hydrogen (secondary N) is 1. The van der Waals surface area contributed by atoms with Crippen molar-refractivity contribution < 1.29 is 4.79 Å². The molecule has 0 atom stereocenters. The molecule has 4 heteroatoms. The van der Waals surface area contributed by atoms with Gasteiger partial charge in [0.2, 0.25) is 0 Å². The number of hydrogen-bond acceptors (Lipinski definition) is 3. The third-order valence-corrected chi connectivity index (χ3v) is 3.53. The van der Waals surface area contributed by atoms with E-state index in [9.17, 15) is 4.79 Å². The molecule has 21 heavy (non-hydrogen) atoms. The first-order chi connectivity index (χ1) is 10.1. The van der Waals surface area contributed by atoms with Crippen molar-refractivity contribution in [3.8, 4) is 0 Å². The smallest absolute Gasteiger partial charge is 0.260 e.